The van der Waals surface area contributed by atoms with Crippen LogP contribution in [-0.4, -0.2) is 43.5 Å². The lowest BCUT2D eigenvalue weighted by Gasteiger charge is -2.12. The van der Waals surface area contributed by atoms with Crippen molar-refractivity contribution in [1.82, 2.24) is 10.2 Å². The number of hydrogen-bond acceptors (Lipinski definition) is 5. The van der Waals surface area contributed by atoms with Crippen LogP contribution < -0.4 is 20.1 Å². The Bertz CT molecular complexity index is 988. The van der Waals surface area contributed by atoms with Crippen molar-refractivity contribution in [1.29, 1.82) is 0 Å². The van der Waals surface area contributed by atoms with E-state index in [-0.39, 0.29) is 5.70 Å². The molecule has 0 aromatic heterocycles. The number of hydrogen-bond donors (Lipinski definition) is 2. The molecule has 0 unspecified atom stereocenters. The number of benzene rings is 2. The van der Waals surface area contributed by atoms with Gasteiger partial charge in [-0.15, -0.1) is 0 Å². The Morgan fingerprint density at radius 1 is 1.10 bits per heavy atom. The van der Waals surface area contributed by atoms with Crippen LogP contribution in [0.4, 0.5) is 10.5 Å². The van der Waals surface area contributed by atoms with Gasteiger partial charge in [-0.25, -0.2) is 9.69 Å². The summed E-state index contributed by atoms with van der Waals surface area (Å²) in [5.41, 5.74) is 1.19. The number of nitrogens with one attached hydrogen (secondary N) is 2. The zero-order valence-corrected chi connectivity index (χ0v) is 16.4. The molecule has 8 nitrogen and oxygen atoms in total. The molecule has 4 amide bonds. The average molecular weight is 416 g/mol. The number of rotatable bonds is 6. The van der Waals surface area contributed by atoms with Crippen LogP contribution in [0.25, 0.3) is 6.08 Å². The van der Waals surface area contributed by atoms with E-state index >= 15 is 0 Å². The van der Waals surface area contributed by atoms with Crippen molar-refractivity contribution in [2.75, 3.05) is 26.1 Å². The SMILES string of the molecule is COc1ccc(/C=C2\NC(=O)N(CC(=O)Nc3ccc(Cl)cc3)C2=O)cc1OC. The molecule has 2 N–H and O–H groups in total. The lowest BCUT2D eigenvalue weighted by molar-refractivity contribution is -0.127. The number of anilines is 1. The van der Waals surface area contributed by atoms with Gasteiger partial charge in [0.05, 0.1) is 14.2 Å². The Morgan fingerprint density at radius 3 is 2.45 bits per heavy atom. The van der Waals surface area contributed by atoms with Crippen LogP contribution >= 0.6 is 11.6 Å². The molecule has 2 aromatic carbocycles. The zero-order chi connectivity index (χ0) is 21.0. The Morgan fingerprint density at radius 2 is 1.79 bits per heavy atom. The molecule has 0 radical (unpaired) electrons. The first kappa shape index (κ1) is 20.2. The van der Waals surface area contributed by atoms with Crippen LogP contribution in [0.3, 0.4) is 0 Å². The lowest BCUT2D eigenvalue weighted by atomic mass is 10.1. The second-order valence-electron chi connectivity index (χ2n) is 6.05. The summed E-state index contributed by atoms with van der Waals surface area (Å²) in [6.07, 6.45) is 1.50. The molecule has 150 valence electrons. The highest BCUT2D eigenvalue weighted by Crippen LogP contribution is 2.28. The molecule has 0 bridgehead atoms. The third-order valence-corrected chi connectivity index (χ3v) is 4.36. The summed E-state index contributed by atoms with van der Waals surface area (Å²) in [6, 6.07) is 10.9. The Balaban J connectivity index is 1.71. The first-order valence-corrected chi connectivity index (χ1v) is 8.91. The molecule has 1 saturated heterocycles. The summed E-state index contributed by atoms with van der Waals surface area (Å²) >= 11 is 5.80. The molecule has 0 saturated carbocycles. The Hall–Kier alpha value is -3.52. The van der Waals surface area contributed by atoms with Gasteiger partial charge in [-0.3, -0.25) is 9.59 Å². The van der Waals surface area contributed by atoms with E-state index in [2.05, 4.69) is 10.6 Å². The minimum atomic E-state index is -0.673. The highest BCUT2D eigenvalue weighted by atomic mass is 35.5. The van der Waals surface area contributed by atoms with Crippen molar-refractivity contribution < 1.29 is 23.9 Å². The van der Waals surface area contributed by atoms with E-state index in [1.165, 1.54) is 20.3 Å². The van der Waals surface area contributed by atoms with E-state index in [0.29, 0.717) is 27.8 Å². The quantitative estimate of drug-likeness (QED) is 0.558. The van der Waals surface area contributed by atoms with Crippen molar-refractivity contribution in [3.05, 3.63) is 58.7 Å². The standard InChI is InChI=1S/C20H18ClN3O5/c1-28-16-8-3-12(10-17(16)29-2)9-15-19(26)24(20(27)23-15)11-18(25)22-14-6-4-13(21)5-7-14/h3-10H,11H2,1-2H3,(H,22,25)(H,23,27)/b15-9-. The van der Waals surface area contributed by atoms with E-state index in [4.69, 9.17) is 21.1 Å². The zero-order valence-electron chi connectivity index (χ0n) is 15.7. The number of methoxy groups -OCH3 is 2. The minimum Gasteiger partial charge on any atom is -0.493 e. The lowest BCUT2D eigenvalue weighted by Crippen LogP contribution is -2.38. The topological polar surface area (TPSA) is 97.0 Å². The number of nitrogens with zero attached hydrogens (tertiary/aromatic N) is 1. The van der Waals surface area contributed by atoms with Crippen molar-refractivity contribution in [2.45, 2.75) is 0 Å². The third kappa shape index (κ3) is 4.67. The van der Waals surface area contributed by atoms with Crippen molar-refractivity contribution >= 4 is 41.2 Å². The molecule has 0 spiro atoms. The van der Waals surface area contributed by atoms with Gasteiger partial charge in [-0.2, -0.15) is 0 Å². The van der Waals surface area contributed by atoms with E-state index in [1.54, 1.807) is 42.5 Å². The van der Waals surface area contributed by atoms with Gasteiger partial charge in [-0.1, -0.05) is 17.7 Å². The third-order valence-electron chi connectivity index (χ3n) is 4.11. The summed E-state index contributed by atoms with van der Waals surface area (Å²) in [7, 11) is 3.02. The maximum Gasteiger partial charge on any atom is 0.329 e. The van der Waals surface area contributed by atoms with Gasteiger partial charge in [0.2, 0.25) is 5.91 Å². The second-order valence-corrected chi connectivity index (χ2v) is 6.49. The van der Waals surface area contributed by atoms with Crippen molar-refractivity contribution in [2.24, 2.45) is 0 Å². The molecule has 3 rings (SSSR count). The highest BCUT2D eigenvalue weighted by Gasteiger charge is 2.34. The van der Waals surface area contributed by atoms with Crippen molar-refractivity contribution in [3.8, 4) is 11.5 Å². The number of urea groups is 1. The smallest absolute Gasteiger partial charge is 0.329 e. The monoisotopic (exact) mass is 415 g/mol. The summed E-state index contributed by atoms with van der Waals surface area (Å²) in [5.74, 6) is -0.0889. The fraction of sp³-hybridized carbons (Fsp3) is 0.150. The summed E-state index contributed by atoms with van der Waals surface area (Å²) in [6.45, 7) is -0.420. The number of carbonyl (C=O) groups excluding carboxylic acids is 3. The van der Waals surface area contributed by atoms with Crippen LogP contribution in [0.1, 0.15) is 5.56 Å². The van der Waals surface area contributed by atoms with E-state index in [1.807, 2.05) is 0 Å². The number of amides is 4. The number of halogens is 1. The Labute approximate surface area is 172 Å². The Kier molecular flexibility index (Phi) is 6.04. The maximum absolute atomic E-state index is 12.6. The van der Waals surface area contributed by atoms with Gasteiger partial charge in [0, 0.05) is 10.7 Å². The van der Waals surface area contributed by atoms with Gasteiger partial charge in [0.15, 0.2) is 11.5 Å². The number of ether oxygens (including phenoxy) is 2. The summed E-state index contributed by atoms with van der Waals surface area (Å²) in [5, 5.41) is 5.61. The van der Waals surface area contributed by atoms with E-state index in [9.17, 15) is 14.4 Å². The molecule has 1 aliphatic rings. The molecular formula is C20H18ClN3O5. The molecule has 1 aliphatic heterocycles. The summed E-state index contributed by atoms with van der Waals surface area (Å²) in [4.78, 5) is 37.7. The molecule has 2 aromatic rings. The normalized spacial score (nSPS) is 14.7. The van der Waals surface area contributed by atoms with E-state index < -0.39 is 24.4 Å². The largest absolute Gasteiger partial charge is 0.493 e. The van der Waals surface area contributed by atoms with Gasteiger partial charge in [0.25, 0.3) is 5.91 Å². The van der Waals surface area contributed by atoms with Gasteiger partial charge >= 0.3 is 6.03 Å². The molecule has 29 heavy (non-hydrogen) atoms. The number of carbonyl (C=O) groups is 3. The predicted octanol–water partition coefficient (Wildman–Crippen LogP) is 2.89. The number of imide groups is 1. The fourth-order valence-electron chi connectivity index (χ4n) is 2.70. The minimum absolute atomic E-state index is 0.0570. The molecule has 1 fully saturated rings. The molecule has 9 heteroatoms. The summed E-state index contributed by atoms with van der Waals surface area (Å²) < 4.78 is 10.4. The first-order chi connectivity index (χ1) is 13.9. The first-order valence-electron chi connectivity index (χ1n) is 8.53. The van der Waals surface area contributed by atoms with E-state index in [0.717, 1.165) is 4.90 Å². The van der Waals surface area contributed by atoms with Gasteiger partial charge < -0.3 is 20.1 Å². The fourth-order valence-corrected chi connectivity index (χ4v) is 2.83. The average Bonchev–Trinajstić information content (AvgIpc) is 2.97. The van der Waals surface area contributed by atoms with Crippen molar-refractivity contribution in [3.63, 3.8) is 0 Å². The maximum atomic E-state index is 12.6. The predicted molar refractivity (Wildman–Crippen MR) is 108 cm³/mol. The van der Waals surface area contributed by atoms with Gasteiger partial charge in [-0.05, 0) is 48.0 Å². The van der Waals surface area contributed by atoms with Crippen LogP contribution in [0, 0.1) is 0 Å². The highest BCUT2D eigenvalue weighted by molar-refractivity contribution is 6.30. The second kappa shape index (κ2) is 8.66. The molecular weight excluding hydrogens is 398 g/mol. The van der Waals surface area contributed by atoms with Gasteiger partial charge in [0.1, 0.15) is 12.2 Å². The van der Waals surface area contributed by atoms with Crippen LogP contribution in [0.15, 0.2) is 48.2 Å². The van der Waals surface area contributed by atoms with Crippen LogP contribution in [0.5, 0.6) is 11.5 Å². The van der Waals surface area contributed by atoms with Crippen LogP contribution in [-0.2, 0) is 9.59 Å². The molecule has 0 aliphatic carbocycles. The van der Waals surface area contributed by atoms with Crippen LogP contribution in [0.2, 0.25) is 5.02 Å². The molecule has 1 heterocycles. The molecule has 0 atom stereocenters.